The number of carboxylic acid groups (broad SMARTS) is 2. The van der Waals surface area contributed by atoms with Gasteiger partial charge in [0.1, 0.15) is 22.8 Å². The first kappa shape index (κ1) is 20.5. The van der Waals surface area contributed by atoms with Crippen molar-refractivity contribution >= 4 is 17.8 Å². The van der Waals surface area contributed by atoms with Crippen LogP contribution in [0, 0.1) is 5.82 Å². The standard InChI is InChI=1S/C20H22FN3O5/c21-13-9-11(5-6-12(13)10-24-7-3-1-2-4-8-24)14-15(19(26)27)17(22)23-18(25)16(14)20(28)29/h5-6,9H,1-4,7-8,10H2,(H,26,27)(H,28,29)(H3,22,23,25). The summed E-state index contributed by atoms with van der Waals surface area (Å²) >= 11 is 0. The molecular weight excluding hydrogens is 381 g/mol. The first-order chi connectivity index (χ1) is 13.8. The number of pyridine rings is 1. The average molecular weight is 403 g/mol. The maximum absolute atomic E-state index is 14.8. The molecule has 0 unspecified atom stereocenters. The lowest BCUT2D eigenvalue weighted by Gasteiger charge is -2.20. The fourth-order valence-electron chi connectivity index (χ4n) is 3.70. The van der Waals surface area contributed by atoms with Gasteiger partial charge in [-0.25, -0.2) is 14.0 Å². The van der Waals surface area contributed by atoms with Crippen LogP contribution in [0.2, 0.25) is 0 Å². The molecule has 154 valence electrons. The Balaban J connectivity index is 2.07. The molecule has 0 spiro atoms. The van der Waals surface area contributed by atoms with Crippen molar-refractivity contribution in [2.24, 2.45) is 0 Å². The third-order valence-electron chi connectivity index (χ3n) is 5.11. The number of nitrogens with two attached hydrogens (primary N) is 1. The summed E-state index contributed by atoms with van der Waals surface area (Å²) in [5.41, 5.74) is 3.15. The van der Waals surface area contributed by atoms with Crippen LogP contribution in [0.25, 0.3) is 11.1 Å². The number of hydrogen-bond acceptors (Lipinski definition) is 5. The van der Waals surface area contributed by atoms with Crippen LogP contribution < -0.4 is 11.3 Å². The number of aromatic amines is 1. The van der Waals surface area contributed by atoms with E-state index in [-0.39, 0.29) is 5.56 Å². The maximum Gasteiger partial charge on any atom is 0.342 e. The second-order valence-electron chi connectivity index (χ2n) is 7.10. The summed E-state index contributed by atoms with van der Waals surface area (Å²) in [7, 11) is 0. The molecule has 0 radical (unpaired) electrons. The van der Waals surface area contributed by atoms with Crippen LogP contribution in [-0.4, -0.2) is 45.1 Å². The molecule has 1 saturated heterocycles. The van der Waals surface area contributed by atoms with Gasteiger partial charge in [0.15, 0.2) is 0 Å². The number of nitrogens with zero attached hydrogens (tertiary/aromatic N) is 1. The summed E-state index contributed by atoms with van der Waals surface area (Å²) in [5, 5.41) is 18.9. The fraction of sp³-hybridized carbons (Fsp3) is 0.350. The van der Waals surface area contributed by atoms with E-state index in [0.717, 1.165) is 44.8 Å². The number of H-pyrrole nitrogens is 1. The van der Waals surface area contributed by atoms with Gasteiger partial charge in [0, 0.05) is 17.7 Å². The molecule has 2 aromatic rings. The molecule has 0 aliphatic carbocycles. The van der Waals surface area contributed by atoms with Crippen LogP contribution in [0.5, 0.6) is 0 Å². The van der Waals surface area contributed by atoms with Gasteiger partial charge < -0.3 is 20.9 Å². The van der Waals surface area contributed by atoms with E-state index in [9.17, 15) is 29.0 Å². The van der Waals surface area contributed by atoms with Crippen molar-refractivity contribution in [3.05, 3.63) is 51.1 Å². The van der Waals surface area contributed by atoms with Crippen LogP contribution in [-0.2, 0) is 6.54 Å². The van der Waals surface area contributed by atoms with Crippen molar-refractivity contribution in [2.75, 3.05) is 18.8 Å². The minimum Gasteiger partial charge on any atom is -0.478 e. The van der Waals surface area contributed by atoms with E-state index in [0.29, 0.717) is 12.1 Å². The van der Waals surface area contributed by atoms with E-state index in [4.69, 9.17) is 5.73 Å². The van der Waals surface area contributed by atoms with Crippen molar-refractivity contribution in [2.45, 2.75) is 32.2 Å². The predicted octanol–water partition coefficient (Wildman–Crippen LogP) is 2.54. The monoisotopic (exact) mass is 403 g/mol. The Kier molecular flexibility index (Phi) is 5.97. The molecule has 0 amide bonds. The summed E-state index contributed by atoms with van der Waals surface area (Å²) in [6, 6.07) is 3.97. The minimum absolute atomic E-state index is 0.0327. The van der Waals surface area contributed by atoms with Crippen LogP contribution in [0.3, 0.4) is 0 Å². The van der Waals surface area contributed by atoms with Gasteiger partial charge >= 0.3 is 11.9 Å². The molecular formula is C20H22FN3O5. The molecule has 0 saturated carbocycles. The van der Waals surface area contributed by atoms with E-state index >= 15 is 0 Å². The lowest BCUT2D eigenvalue weighted by atomic mass is 9.94. The Morgan fingerprint density at radius 3 is 2.24 bits per heavy atom. The maximum atomic E-state index is 14.8. The van der Waals surface area contributed by atoms with E-state index < -0.39 is 45.8 Å². The molecule has 3 rings (SSSR count). The second-order valence-corrected chi connectivity index (χ2v) is 7.10. The molecule has 9 heteroatoms. The number of nitrogens with one attached hydrogen (secondary N) is 1. The number of benzene rings is 1. The normalized spacial score (nSPS) is 15.1. The highest BCUT2D eigenvalue weighted by Crippen LogP contribution is 2.30. The number of rotatable bonds is 5. The molecule has 8 nitrogen and oxygen atoms in total. The van der Waals surface area contributed by atoms with Gasteiger partial charge in [-0.1, -0.05) is 25.0 Å². The van der Waals surface area contributed by atoms with Gasteiger partial charge in [-0.2, -0.15) is 0 Å². The first-order valence-electron chi connectivity index (χ1n) is 9.33. The third-order valence-corrected chi connectivity index (χ3v) is 5.11. The zero-order valence-electron chi connectivity index (χ0n) is 15.7. The summed E-state index contributed by atoms with van der Waals surface area (Å²) in [6.07, 6.45) is 4.40. The van der Waals surface area contributed by atoms with Crippen LogP contribution >= 0.6 is 0 Å². The number of halogens is 1. The van der Waals surface area contributed by atoms with Crippen LogP contribution in [0.1, 0.15) is 52.0 Å². The zero-order chi connectivity index (χ0) is 21.1. The van der Waals surface area contributed by atoms with Crippen molar-refractivity contribution in [1.29, 1.82) is 0 Å². The van der Waals surface area contributed by atoms with E-state index in [2.05, 4.69) is 4.90 Å². The summed E-state index contributed by atoms with van der Waals surface area (Å²) in [5.74, 6) is -4.24. The molecule has 1 aromatic carbocycles. The average Bonchev–Trinajstić information content (AvgIpc) is 2.90. The summed E-state index contributed by atoms with van der Waals surface area (Å²) in [4.78, 5) is 39.5. The van der Waals surface area contributed by atoms with Crippen molar-refractivity contribution < 1.29 is 24.2 Å². The second kappa shape index (κ2) is 8.44. The lowest BCUT2D eigenvalue weighted by Crippen LogP contribution is -2.25. The Bertz CT molecular complexity index is 1010. The van der Waals surface area contributed by atoms with Crippen LogP contribution in [0.4, 0.5) is 10.2 Å². The highest BCUT2D eigenvalue weighted by Gasteiger charge is 2.27. The van der Waals surface area contributed by atoms with E-state index in [1.807, 2.05) is 4.98 Å². The molecule has 2 heterocycles. The van der Waals surface area contributed by atoms with E-state index in [1.54, 1.807) is 0 Å². The molecule has 1 aromatic heterocycles. The van der Waals surface area contributed by atoms with Gasteiger partial charge in [-0.05, 0) is 37.6 Å². The number of aromatic nitrogens is 1. The molecule has 1 aliphatic rings. The Hall–Kier alpha value is -3.20. The number of nitrogen functional groups attached to an aromatic ring is 1. The topological polar surface area (TPSA) is 137 Å². The number of aromatic carboxylic acids is 2. The summed E-state index contributed by atoms with van der Waals surface area (Å²) < 4.78 is 14.8. The smallest absolute Gasteiger partial charge is 0.342 e. The molecule has 5 N–H and O–H groups in total. The Morgan fingerprint density at radius 2 is 1.69 bits per heavy atom. The predicted molar refractivity (Wildman–Crippen MR) is 105 cm³/mol. The SMILES string of the molecule is Nc1[nH]c(=O)c(C(=O)O)c(-c2ccc(CN3CCCCCC3)c(F)c2)c1C(=O)O. The van der Waals surface area contributed by atoms with Gasteiger partial charge in [0.2, 0.25) is 0 Å². The van der Waals surface area contributed by atoms with Gasteiger partial charge in [0.25, 0.3) is 5.56 Å². The molecule has 29 heavy (non-hydrogen) atoms. The molecule has 1 aliphatic heterocycles. The molecule has 0 atom stereocenters. The Morgan fingerprint density at radius 1 is 1.07 bits per heavy atom. The van der Waals surface area contributed by atoms with Gasteiger partial charge in [0.05, 0.1) is 0 Å². The minimum atomic E-state index is -1.63. The number of carbonyl (C=O) groups is 2. The highest BCUT2D eigenvalue weighted by molar-refractivity contribution is 6.07. The number of hydrogen-bond donors (Lipinski definition) is 4. The molecule has 0 bridgehead atoms. The van der Waals surface area contributed by atoms with Gasteiger partial charge in [-0.15, -0.1) is 0 Å². The van der Waals surface area contributed by atoms with Crippen molar-refractivity contribution in [3.8, 4) is 11.1 Å². The van der Waals surface area contributed by atoms with Gasteiger partial charge in [-0.3, -0.25) is 9.69 Å². The Labute approximate surface area is 165 Å². The zero-order valence-corrected chi connectivity index (χ0v) is 15.7. The first-order valence-corrected chi connectivity index (χ1v) is 9.33. The van der Waals surface area contributed by atoms with Crippen molar-refractivity contribution in [3.63, 3.8) is 0 Å². The number of carboxylic acids is 2. The van der Waals surface area contributed by atoms with Crippen molar-refractivity contribution in [1.82, 2.24) is 9.88 Å². The molecule has 1 fully saturated rings. The van der Waals surface area contributed by atoms with Crippen LogP contribution in [0.15, 0.2) is 23.0 Å². The third kappa shape index (κ3) is 4.29. The quantitative estimate of drug-likeness (QED) is 0.602. The lowest BCUT2D eigenvalue weighted by molar-refractivity contribution is 0.0695. The number of anilines is 1. The number of likely N-dealkylation sites (tertiary alicyclic amines) is 1. The fourth-order valence-corrected chi connectivity index (χ4v) is 3.70. The summed E-state index contributed by atoms with van der Waals surface area (Å²) in [6.45, 7) is 2.15. The highest BCUT2D eigenvalue weighted by atomic mass is 19.1. The largest absolute Gasteiger partial charge is 0.478 e. The van der Waals surface area contributed by atoms with E-state index in [1.165, 1.54) is 12.1 Å².